The van der Waals surface area contributed by atoms with Crippen molar-refractivity contribution in [2.24, 2.45) is 0 Å². The predicted octanol–water partition coefficient (Wildman–Crippen LogP) is 2.59. The molecule has 0 atom stereocenters. The average molecular weight is 424 g/mol. The van der Waals surface area contributed by atoms with Gasteiger partial charge in [0.05, 0.1) is 30.8 Å². The van der Waals surface area contributed by atoms with Gasteiger partial charge in [-0.25, -0.2) is 4.98 Å². The first kappa shape index (κ1) is 21.8. The van der Waals surface area contributed by atoms with E-state index in [-0.39, 0.29) is 18.0 Å². The molecule has 0 fully saturated rings. The third kappa shape index (κ3) is 4.66. The summed E-state index contributed by atoms with van der Waals surface area (Å²) >= 11 is 0. The van der Waals surface area contributed by atoms with E-state index in [1.54, 1.807) is 19.2 Å². The summed E-state index contributed by atoms with van der Waals surface area (Å²) in [5, 5.41) is 5.25. The van der Waals surface area contributed by atoms with Crippen molar-refractivity contribution in [3.8, 4) is 17.1 Å². The molecule has 0 saturated carbocycles. The number of aromatic nitrogens is 2. The molecular formula is C22H24N4O5. The maximum Gasteiger partial charge on any atom is 0.325 e. The quantitative estimate of drug-likeness (QED) is 0.564. The fraction of sp³-hybridized carbons (Fsp3) is 0.273. The summed E-state index contributed by atoms with van der Waals surface area (Å²) in [6.07, 6.45) is 0. The molecule has 9 nitrogen and oxygen atoms in total. The van der Waals surface area contributed by atoms with Gasteiger partial charge in [0.15, 0.2) is 0 Å². The van der Waals surface area contributed by atoms with Crippen molar-refractivity contribution in [1.82, 2.24) is 14.9 Å². The number of fused-ring (bicyclic) bond motifs is 1. The van der Waals surface area contributed by atoms with Gasteiger partial charge < -0.3 is 24.7 Å². The van der Waals surface area contributed by atoms with E-state index in [1.165, 1.54) is 14.0 Å². The lowest BCUT2D eigenvalue weighted by atomic mass is 10.1. The molecule has 3 aromatic rings. The summed E-state index contributed by atoms with van der Waals surface area (Å²) < 4.78 is 11.8. The monoisotopic (exact) mass is 424 g/mol. The fourth-order valence-corrected chi connectivity index (χ4v) is 3.33. The van der Waals surface area contributed by atoms with E-state index in [0.717, 1.165) is 5.56 Å². The predicted molar refractivity (Wildman–Crippen MR) is 116 cm³/mol. The van der Waals surface area contributed by atoms with Crippen molar-refractivity contribution in [1.29, 1.82) is 0 Å². The average Bonchev–Trinajstić information content (AvgIpc) is 3.14. The zero-order chi connectivity index (χ0) is 22.5. The van der Waals surface area contributed by atoms with E-state index in [9.17, 15) is 14.4 Å². The van der Waals surface area contributed by atoms with Crippen LogP contribution in [-0.4, -0.2) is 48.1 Å². The van der Waals surface area contributed by atoms with E-state index in [2.05, 4.69) is 15.4 Å². The van der Waals surface area contributed by atoms with Gasteiger partial charge in [-0.15, -0.1) is 0 Å². The molecule has 2 aromatic carbocycles. The molecule has 3 rings (SSSR count). The van der Waals surface area contributed by atoms with Crippen LogP contribution < -0.4 is 15.4 Å². The van der Waals surface area contributed by atoms with Gasteiger partial charge in [-0.1, -0.05) is 12.1 Å². The lowest BCUT2D eigenvalue weighted by molar-refractivity contribution is -0.139. The standard InChI is InChI=1S/C22H24N4O5/c1-5-26-20-17(22(29)23-12-19(28)31-4)10-15(24-13(2)27)11-18(20)25-21(26)14-7-6-8-16(9-14)30-3/h6-11H,5,12H2,1-4H3,(H,23,29)(H,24,27). The highest BCUT2D eigenvalue weighted by Gasteiger charge is 2.21. The first-order valence-electron chi connectivity index (χ1n) is 9.69. The normalized spacial score (nSPS) is 10.6. The lowest BCUT2D eigenvalue weighted by Crippen LogP contribution is -2.30. The number of aryl methyl sites for hydroxylation is 1. The summed E-state index contributed by atoms with van der Waals surface area (Å²) in [6.45, 7) is 3.60. The SMILES string of the molecule is CCn1c(-c2cccc(OC)c2)nc2cc(NC(C)=O)cc(C(=O)NCC(=O)OC)c21. The number of carbonyl (C=O) groups excluding carboxylic acids is 3. The Morgan fingerprint density at radius 2 is 1.90 bits per heavy atom. The van der Waals surface area contributed by atoms with E-state index in [0.29, 0.717) is 34.8 Å². The number of ether oxygens (including phenoxy) is 2. The van der Waals surface area contributed by atoms with Crippen LogP contribution in [0.3, 0.4) is 0 Å². The van der Waals surface area contributed by atoms with Crippen molar-refractivity contribution >= 4 is 34.5 Å². The molecule has 162 valence electrons. The minimum absolute atomic E-state index is 0.274. The molecule has 1 aromatic heterocycles. The van der Waals surface area contributed by atoms with Crippen molar-refractivity contribution in [3.63, 3.8) is 0 Å². The molecule has 2 N–H and O–H groups in total. The number of benzene rings is 2. The molecular weight excluding hydrogens is 400 g/mol. The molecule has 31 heavy (non-hydrogen) atoms. The number of imidazole rings is 1. The zero-order valence-electron chi connectivity index (χ0n) is 17.8. The van der Waals surface area contributed by atoms with Gasteiger partial charge in [-0.3, -0.25) is 14.4 Å². The largest absolute Gasteiger partial charge is 0.497 e. The number of hydrogen-bond donors (Lipinski definition) is 2. The van der Waals surface area contributed by atoms with E-state index >= 15 is 0 Å². The molecule has 0 saturated heterocycles. The van der Waals surface area contributed by atoms with E-state index in [4.69, 9.17) is 9.72 Å². The number of nitrogens with one attached hydrogen (secondary N) is 2. The highest BCUT2D eigenvalue weighted by Crippen LogP contribution is 2.31. The first-order valence-corrected chi connectivity index (χ1v) is 9.69. The molecule has 0 radical (unpaired) electrons. The Kier molecular flexibility index (Phi) is 6.54. The van der Waals surface area contributed by atoms with Crippen LogP contribution in [0, 0.1) is 0 Å². The van der Waals surface area contributed by atoms with Crippen molar-refractivity contribution in [3.05, 3.63) is 42.0 Å². The number of nitrogens with zero attached hydrogens (tertiary/aromatic N) is 2. The van der Waals surface area contributed by atoms with Crippen LogP contribution in [0.5, 0.6) is 5.75 Å². The Hall–Kier alpha value is -3.88. The van der Waals surface area contributed by atoms with Gasteiger partial charge in [-0.05, 0) is 31.2 Å². The Labute approximate surface area is 179 Å². The Balaban J connectivity index is 2.19. The van der Waals surface area contributed by atoms with Gasteiger partial charge in [0.1, 0.15) is 18.1 Å². The second kappa shape index (κ2) is 9.29. The van der Waals surface area contributed by atoms with Crippen LogP contribution in [0.1, 0.15) is 24.2 Å². The maximum absolute atomic E-state index is 12.9. The number of esters is 1. The third-order valence-corrected chi connectivity index (χ3v) is 4.67. The number of hydrogen-bond acceptors (Lipinski definition) is 6. The zero-order valence-corrected chi connectivity index (χ0v) is 17.8. The number of methoxy groups -OCH3 is 2. The summed E-state index contributed by atoms with van der Waals surface area (Å²) in [6, 6.07) is 10.7. The van der Waals surface area contributed by atoms with Crippen molar-refractivity contribution in [2.75, 3.05) is 26.1 Å². The molecule has 0 unspecified atom stereocenters. The second-order valence-corrected chi connectivity index (χ2v) is 6.74. The van der Waals surface area contributed by atoms with Crippen molar-refractivity contribution in [2.45, 2.75) is 20.4 Å². The molecule has 0 aliphatic rings. The Morgan fingerprint density at radius 1 is 1.13 bits per heavy atom. The highest BCUT2D eigenvalue weighted by atomic mass is 16.5. The Bertz CT molecular complexity index is 1150. The number of carbonyl (C=O) groups is 3. The summed E-state index contributed by atoms with van der Waals surface area (Å²) in [4.78, 5) is 40.7. The molecule has 1 heterocycles. The summed E-state index contributed by atoms with van der Waals surface area (Å²) in [7, 11) is 2.84. The number of rotatable bonds is 7. The second-order valence-electron chi connectivity index (χ2n) is 6.74. The molecule has 0 bridgehead atoms. The van der Waals surface area contributed by atoms with Crippen LogP contribution in [-0.2, 0) is 20.9 Å². The van der Waals surface area contributed by atoms with E-state index in [1.807, 2.05) is 35.8 Å². The topological polar surface area (TPSA) is 112 Å². The molecule has 0 aliphatic carbocycles. The lowest BCUT2D eigenvalue weighted by Gasteiger charge is -2.12. The van der Waals surface area contributed by atoms with Crippen LogP contribution in [0.25, 0.3) is 22.4 Å². The van der Waals surface area contributed by atoms with Gasteiger partial charge in [-0.2, -0.15) is 0 Å². The van der Waals surface area contributed by atoms with Crippen molar-refractivity contribution < 1.29 is 23.9 Å². The summed E-state index contributed by atoms with van der Waals surface area (Å²) in [5.74, 6) is 0.0156. The molecule has 0 spiro atoms. The van der Waals surface area contributed by atoms with Gasteiger partial charge in [0.2, 0.25) is 5.91 Å². The van der Waals surface area contributed by atoms with Crippen LogP contribution in [0.4, 0.5) is 5.69 Å². The van der Waals surface area contributed by atoms with Crippen LogP contribution >= 0.6 is 0 Å². The number of anilines is 1. The minimum atomic E-state index is -0.566. The molecule has 9 heteroatoms. The Morgan fingerprint density at radius 3 is 2.55 bits per heavy atom. The van der Waals surface area contributed by atoms with Crippen LogP contribution in [0.15, 0.2) is 36.4 Å². The van der Waals surface area contributed by atoms with Gasteiger partial charge in [0.25, 0.3) is 5.91 Å². The maximum atomic E-state index is 12.9. The fourth-order valence-electron chi connectivity index (χ4n) is 3.33. The van der Waals surface area contributed by atoms with Gasteiger partial charge in [0, 0.05) is 24.7 Å². The third-order valence-electron chi connectivity index (χ3n) is 4.67. The smallest absolute Gasteiger partial charge is 0.325 e. The highest BCUT2D eigenvalue weighted by molar-refractivity contribution is 6.08. The molecule has 2 amide bonds. The first-order chi connectivity index (χ1) is 14.9. The minimum Gasteiger partial charge on any atom is -0.497 e. The van der Waals surface area contributed by atoms with Gasteiger partial charge >= 0.3 is 5.97 Å². The molecule has 0 aliphatic heterocycles. The van der Waals surface area contributed by atoms with E-state index < -0.39 is 11.9 Å². The summed E-state index contributed by atoms with van der Waals surface area (Å²) in [5.41, 5.74) is 2.67. The van der Waals surface area contributed by atoms with Crippen LogP contribution in [0.2, 0.25) is 0 Å². The number of amides is 2.